The summed E-state index contributed by atoms with van der Waals surface area (Å²) in [5.74, 6) is -0.160. The molecule has 0 aliphatic carbocycles. The van der Waals surface area contributed by atoms with Crippen molar-refractivity contribution in [3.8, 4) is 0 Å². The Morgan fingerprint density at radius 2 is 1.85 bits per heavy atom. The van der Waals surface area contributed by atoms with E-state index in [1.54, 1.807) is 0 Å². The Hall–Kier alpha value is 0.830. The van der Waals surface area contributed by atoms with Crippen LogP contribution in [0.2, 0.25) is 0 Å². The third-order valence-electron chi connectivity index (χ3n) is 1.88. The fourth-order valence-corrected chi connectivity index (χ4v) is 1.67. The van der Waals surface area contributed by atoms with Crippen LogP contribution in [0.3, 0.4) is 0 Å². The van der Waals surface area contributed by atoms with Crippen LogP contribution in [0.4, 0.5) is 0 Å². The van der Waals surface area contributed by atoms with E-state index in [1.165, 1.54) is 0 Å². The van der Waals surface area contributed by atoms with Crippen LogP contribution in [-0.4, -0.2) is 85.9 Å². The number of nitrogens with zero attached hydrogens (tertiary/aromatic N) is 1. The van der Waals surface area contributed by atoms with Gasteiger partial charge in [-0.2, -0.15) is 8.42 Å². The second-order valence-corrected chi connectivity index (χ2v) is 4.45. The van der Waals surface area contributed by atoms with Crippen LogP contribution >= 0.6 is 0 Å². The molecule has 1 aliphatic rings. The Morgan fingerprint density at radius 1 is 1.31 bits per heavy atom. The molecule has 0 atom stereocenters. The molecule has 0 radical (unpaired) electrons. The van der Waals surface area contributed by atoms with Crippen molar-refractivity contribution in [2.75, 3.05) is 38.5 Å². The molecule has 13 heavy (non-hydrogen) atoms. The number of hydrogen-bond acceptors (Lipinski definition) is 4. The van der Waals surface area contributed by atoms with Crippen molar-refractivity contribution in [1.82, 2.24) is 10.2 Å². The predicted molar refractivity (Wildman–Crippen MR) is 52.9 cm³/mol. The molecule has 0 aromatic heterocycles. The van der Waals surface area contributed by atoms with Crippen LogP contribution < -0.4 is 5.32 Å². The van der Waals surface area contributed by atoms with Crippen LogP contribution in [0.1, 0.15) is 0 Å². The molecule has 5 nitrogen and oxygen atoms in total. The molecule has 1 fully saturated rings. The van der Waals surface area contributed by atoms with Crippen LogP contribution in [0.5, 0.6) is 0 Å². The van der Waals surface area contributed by atoms with Crippen LogP contribution in [0.15, 0.2) is 0 Å². The third-order valence-corrected chi connectivity index (χ3v) is 2.57. The van der Waals surface area contributed by atoms with Crippen molar-refractivity contribution < 1.29 is 13.0 Å². The third kappa shape index (κ3) is 6.84. The Bertz CT molecular complexity index is 226. The summed E-state index contributed by atoms with van der Waals surface area (Å²) in [6.07, 6.45) is 0. The predicted octanol–water partition coefficient (Wildman–Crippen LogP) is -1.87. The summed E-state index contributed by atoms with van der Waals surface area (Å²) in [4.78, 5) is 2.02. The maximum atomic E-state index is 10.4. The fourth-order valence-electron chi connectivity index (χ4n) is 1.18. The van der Waals surface area contributed by atoms with Gasteiger partial charge in [0, 0.05) is 32.7 Å². The van der Waals surface area contributed by atoms with Crippen LogP contribution in [0, 0.1) is 0 Å². The summed E-state index contributed by atoms with van der Waals surface area (Å²) in [7, 11) is -3.79. The van der Waals surface area contributed by atoms with Gasteiger partial charge in [-0.25, -0.2) is 0 Å². The molecule has 7 heteroatoms. The topological polar surface area (TPSA) is 69.6 Å². The van der Waals surface area contributed by atoms with Crippen molar-refractivity contribution >= 4 is 39.7 Å². The van der Waals surface area contributed by atoms with Crippen molar-refractivity contribution in [3.63, 3.8) is 0 Å². The molecular weight excluding hydrogens is 203 g/mol. The first-order chi connectivity index (χ1) is 5.58. The van der Waals surface area contributed by atoms with Gasteiger partial charge in [-0.1, -0.05) is 0 Å². The van der Waals surface area contributed by atoms with Gasteiger partial charge in [0.1, 0.15) is 0 Å². The van der Waals surface area contributed by atoms with E-state index in [1.807, 2.05) is 4.90 Å². The minimum absolute atomic E-state index is 0. The molecule has 0 aromatic rings. The summed E-state index contributed by atoms with van der Waals surface area (Å²) in [6, 6.07) is 0. The van der Waals surface area contributed by atoms with Crippen molar-refractivity contribution in [2.24, 2.45) is 0 Å². The molecule has 1 heterocycles. The average Bonchev–Trinajstić information content (AvgIpc) is 2.02. The van der Waals surface area contributed by atoms with Gasteiger partial charge >= 0.3 is 29.6 Å². The standard InChI is InChI=1S/C6H14N2O3S.Na.H/c9-12(10,11)6-5-8-3-1-7-2-4-8;;/h7H,1-6H2,(H,9,10,11);;. The molecule has 0 bridgehead atoms. The van der Waals surface area contributed by atoms with E-state index in [0.29, 0.717) is 6.54 Å². The van der Waals surface area contributed by atoms with E-state index >= 15 is 0 Å². The summed E-state index contributed by atoms with van der Waals surface area (Å²) in [5.41, 5.74) is 0. The van der Waals surface area contributed by atoms with Gasteiger partial charge in [-0.15, -0.1) is 0 Å². The molecule has 0 amide bonds. The summed E-state index contributed by atoms with van der Waals surface area (Å²) >= 11 is 0. The second kappa shape index (κ2) is 6.34. The molecule has 0 saturated carbocycles. The molecule has 1 saturated heterocycles. The molecule has 74 valence electrons. The Morgan fingerprint density at radius 3 is 2.31 bits per heavy atom. The average molecular weight is 218 g/mol. The first-order valence-electron chi connectivity index (χ1n) is 3.96. The van der Waals surface area contributed by atoms with Gasteiger partial charge in [0.05, 0.1) is 5.75 Å². The SMILES string of the molecule is O=S(=O)(O)CCN1CCNCC1.[NaH]. The molecular formula is C6H15N2NaO3S. The van der Waals surface area contributed by atoms with E-state index in [4.69, 9.17) is 4.55 Å². The summed E-state index contributed by atoms with van der Waals surface area (Å²) < 4.78 is 29.3. The monoisotopic (exact) mass is 218 g/mol. The van der Waals surface area contributed by atoms with E-state index in [2.05, 4.69) is 5.32 Å². The summed E-state index contributed by atoms with van der Waals surface area (Å²) in [5, 5.41) is 3.16. The first-order valence-corrected chi connectivity index (χ1v) is 5.57. The number of rotatable bonds is 3. The molecule has 0 aromatic carbocycles. The normalized spacial score (nSPS) is 19.5. The maximum absolute atomic E-state index is 10.4. The van der Waals surface area contributed by atoms with Gasteiger partial charge < -0.3 is 5.32 Å². The second-order valence-electron chi connectivity index (χ2n) is 2.88. The number of nitrogens with one attached hydrogen (secondary N) is 1. The van der Waals surface area contributed by atoms with E-state index < -0.39 is 10.1 Å². The Labute approximate surface area is 101 Å². The molecule has 1 aliphatic heterocycles. The van der Waals surface area contributed by atoms with Crippen molar-refractivity contribution in [1.29, 1.82) is 0 Å². The minimum atomic E-state index is -3.79. The number of piperazine rings is 1. The molecule has 1 rings (SSSR count). The van der Waals surface area contributed by atoms with Crippen molar-refractivity contribution in [2.45, 2.75) is 0 Å². The molecule has 2 N–H and O–H groups in total. The van der Waals surface area contributed by atoms with E-state index in [-0.39, 0.29) is 35.3 Å². The van der Waals surface area contributed by atoms with Gasteiger partial charge in [-0.05, 0) is 0 Å². The molecule has 0 unspecified atom stereocenters. The zero-order valence-electron chi connectivity index (χ0n) is 6.86. The van der Waals surface area contributed by atoms with E-state index in [0.717, 1.165) is 26.2 Å². The zero-order valence-corrected chi connectivity index (χ0v) is 7.68. The Balaban J connectivity index is 0.00000144. The van der Waals surface area contributed by atoms with Crippen molar-refractivity contribution in [3.05, 3.63) is 0 Å². The molecule has 0 spiro atoms. The van der Waals surface area contributed by atoms with Gasteiger partial charge in [0.25, 0.3) is 10.1 Å². The van der Waals surface area contributed by atoms with Gasteiger partial charge in [0.15, 0.2) is 0 Å². The van der Waals surface area contributed by atoms with Crippen LogP contribution in [-0.2, 0) is 10.1 Å². The fraction of sp³-hybridized carbons (Fsp3) is 1.00. The summed E-state index contributed by atoms with van der Waals surface area (Å²) in [6.45, 7) is 3.93. The Kier molecular flexibility index (Phi) is 6.74. The zero-order chi connectivity index (χ0) is 9.03. The van der Waals surface area contributed by atoms with E-state index in [9.17, 15) is 8.42 Å². The number of hydrogen-bond donors (Lipinski definition) is 2. The van der Waals surface area contributed by atoms with Gasteiger partial charge in [-0.3, -0.25) is 9.45 Å². The van der Waals surface area contributed by atoms with Gasteiger partial charge in [0.2, 0.25) is 0 Å². The first kappa shape index (κ1) is 13.8. The van der Waals surface area contributed by atoms with Crippen LogP contribution in [0.25, 0.3) is 0 Å². The quantitative estimate of drug-likeness (QED) is 0.429.